The van der Waals surface area contributed by atoms with Crippen LogP contribution in [-0.2, 0) is 11.3 Å². The molecule has 0 aliphatic heterocycles. The van der Waals surface area contributed by atoms with Crippen LogP contribution in [0.25, 0.3) is 5.69 Å². The number of rotatable bonds is 5. The number of carbonyl (C=O) groups is 1. The van der Waals surface area contributed by atoms with Crippen molar-refractivity contribution in [3.63, 3.8) is 0 Å². The van der Waals surface area contributed by atoms with E-state index < -0.39 is 5.97 Å². The zero-order valence-electron chi connectivity index (χ0n) is 13.5. The van der Waals surface area contributed by atoms with Gasteiger partial charge in [0.05, 0.1) is 30.6 Å². The summed E-state index contributed by atoms with van der Waals surface area (Å²) in [7, 11) is 1.47. The van der Waals surface area contributed by atoms with Crippen LogP contribution in [0, 0.1) is 11.3 Å². The molecule has 1 heterocycles. The van der Waals surface area contributed by atoms with Crippen molar-refractivity contribution in [2.24, 2.45) is 0 Å². The molecule has 6 nitrogen and oxygen atoms in total. The molecule has 0 spiro atoms. The van der Waals surface area contributed by atoms with E-state index in [4.69, 9.17) is 14.7 Å². The van der Waals surface area contributed by atoms with Gasteiger partial charge in [-0.3, -0.25) is 0 Å². The molecule has 0 unspecified atom stereocenters. The number of esters is 1. The van der Waals surface area contributed by atoms with Gasteiger partial charge in [0.2, 0.25) is 5.69 Å². The van der Waals surface area contributed by atoms with Gasteiger partial charge in [-0.1, -0.05) is 36.4 Å². The minimum atomic E-state index is -0.612. The second kappa shape index (κ2) is 7.32. The Hall–Kier alpha value is -3.59. The van der Waals surface area contributed by atoms with Gasteiger partial charge in [0.25, 0.3) is 0 Å². The molecule has 6 heteroatoms. The average Bonchev–Trinajstić information content (AvgIpc) is 3.11. The predicted octanol–water partition coefficient (Wildman–Crippen LogP) is 3.11. The normalized spacial score (nSPS) is 10.1. The fourth-order valence-electron chi connectivity index (χ4n) is 2.33. The van der Waals surface area contributed by atoms with Crippen LogP contribution >= 0.6 is 0 Å². The van der Waals surface area contributed by atoms with Gasteiger partial charge < -0.3 is 9.47 Å². The van der Waals surface area contributed by atoms with E-state index in [0.717, 1.165) is 5.69 Å². The van der Waals surface area contributed by atoms with Gasteiger partial charge in [-0.15, -0.1) is 0 Å². The molecule has 0 amide bonds. The first kappa shape index (κ1) is 16.3. The lowest BCUT2D eigenvalue weighted by Gasteiger charge is -2.05. The Kier molecular flexibility index (Phi) is 4.77. The maximum Gasteiger partial charge on any atom is 0.363 e. The Bertz CT molecular complexity index is 927. The summed E-state index contributed by atoms with van der Waals surface area (Å²) in [6.45, 7) is -0.0100. The summed E-state index contributed by atoms with van der Waals surface area (Å²) in [6, 6.07) is 18.4. The molecule has 2 aromatic carbocycles. The molecule has 3 aromatic rings. The zero-order valence-corrected chi connectivity index (χ0v) is 13.5. The van der Waals surface area contributed by atoms with Crippen LogP contribution < -0.4 is 4.74 Å². The van der Waals surface area contributed by atoms with Crippen LogP contribution in [-0.4, -0.2) is 22.9 Å². The van der Waals surface area contributed by atoms with Crippen molar-refractivity contribution in [3.05, 3.63) is 77.6 Å². The van der Waals surface area contributed by atoms with Crippen LogP contribution in [0.3, 0.4) is 0 Å². The fraction of sp³-hybridized carbons (Fsp3) is 0.105. The molecule has 0 atom stereocenters. The van der Waals surface area contributed by atoms with Crippen LogP contribution in [0.1, 0.15) is 21.6 Å². The SMILES string of the molecule is COc1cn(-c2ccccc2)nc1C(=O)OCc1ccccc1C#N. The smallest absolute Gasteiger partial charge is 0.363 e. The van der Waals surface area contributed by atoms with Gasteiger partial charge in [-0.25, -0.2) is 9.48 Å². The van der Waals surface area contributed by atoms with Crippen LogP contribution in [0.2, 0.25) is 0 Å². The van der Waals surface area contributed by atoms with Crippen LogP contribution in [0.5, 0.6) is 5.75 Å². The van der Waals surface area contributed by atoms with Crippen molar-refractivity contribution in [1.29, 1.82) is 5.26 Å². The maximum atomic E-state index is 12.4. The molecule has 0 saturated heterocycles. The Morgan fingerprint density at radius 3 is 2.60 bits per heavy atom. The summed E-state index contributed by atoms with van der Waals surface area (Å²) in [5.74, 6) is -0.290. The van der Waals surface area contributed by atoms with E-state index in [0.29, 0.717) is 16.9 Å². The predicted molar refractivity (Wildman–Crippen MR) is 90.4 cm³/mol. The van der Waals surface area contributed by atoms with E-state index in [1.54, 1.807) is 35.1 Å². The Labute approximate surface area is 144 Å². The van der Waals surface area contributed by atoms with Gasteiger partial charge in [0, 0.05) is 5.56 Å². The van der Waals surface area contributed by atoms with E-state index in [1.165, 1.54) is 7.11 Å². The first-order valence-corrected chi connectivity index (χ1v) is 7.57. The van der Waals surface area contributed by atoms with E-state index >= 15 is 0 Å². The van der Waals surface area contributed by atoms with Crippen molar-refractivity contribution in [1.82, 2.24) is 9.78 Å². The number of methoxy groups -OCH3 is 1. The second-order valence-electron chi connectivity index (χ2n) is 5.17. The molecule has 0 radical (unpaired) electrons. The third-order valence-corrected chi connectivity index (χ3v) is 3.61. The third-order valence-electron chi connectivity index (χ3n) is 3.61. The molecular formula is C19H15N3O3. The van der Waals surface area contributed by atoms with E-state index in [2.05, 4.69) is 11.2 Å². The van der Waals surface area contributed by atoms with Crippen molar-refractivity contribution in [2.45, 2.75) is 6.61 Å². The number of benzene rings is 2. The van der Waals surface area contributed by atoms with Gasteiger partial charge in [-0.2, -0.15) is 10.4 Å². The number of carbonyl (C=O) groups excluding carboxylic acids is 1. The van der Waals surface area contributed by atoms with E-state index in [-0.39, 0.29) is 12.3 Å². The standard InChI is InChI=1S/C19H15N3O3/c1-24-17-12-22(16-9-3-2-4-10-16)21-18(17)19(23)25-13-15-8-6-5-7-14(15)11-20/h2-10,12H,13H2,1H3. The lowest BCUT2D eigenvalue weighted by Crippen LogP contribution is -2.09. The molecule has 0 saturated carbocycles. The average molecular weight is 333 g/mol. The van der Waals surface area contributed by atoms with Crippen LogP contribution in [0.15, 0.2) is 60.8 Å². The maximum absolute atomic E-state index is 12.4. The van der Waals surface area contributed by atoms with Gasteiger partial charge >= 0.3 is 5.97 Å². The first-order valence-electron chi connectivity index (χ1n) is 7.57. The van der Waals surface area contributed by atoms with Crippen molar-refractivity contribution in [2.75, 3.05) is 7.11 Å². The Morgan fingerprint density at radius 2 is 1.88 bits per heavy atom. The minimum Gasteiger partial charge on any atom is -0.493 e. The van der Waals surface area contributed by atoms with Crippen molar-refractivity contribution < 1.29 is 14.3 Å². The summed E-state index contributed by atoms with van der Waals surface area (Å²) in [5.41, 5.74) is 1.99. The summed E-state index contributed by atoms with van der Waals surface area (Å²) < 4.78 is 12.1. The lowest BCUT2D eigenvalue weighted by molar-refractivity contribution is 0.0461. The molecule has 124 valence electrons. The number of para-hydroxylation sites is 1. The highest BCUT2D eigenvalue weighted by molar-refractivity contribution is 5.90. The Morgan fingerprint density at radius 1 is 1.16 bits per heavy atom. The van der Waals surface area contributed by atoms with E-state index in [1.807, 2.05) is 30.3 Å². The summed E-state index contributed by atoms with van der Waals surface area (Å²) >= 11 is 0. The molecule has 0 N–H and O–H groups in total. The lowest BCUT2D eigenvalue weighted by atomic mass is 10.1. The molecule has 0 fully saturated rings. The van der Waals surface area contributed by atoms with Crippen LogP contribution in [0.4, 0.5) is 0 Å². The molecule has 0 bridgehead atoms. The molecule has 0 aliphatic carbocycles. The quantitative estimate of drug-likeness (QED) is 0.671. The second-order valence-corrected chi connectivity index (χ2v) is 5.17. The number of nitrogens with zero attached hydrogens (tertiary/aromatic N) is 3. The highest BCUT2D eigenvalue weighted by Gasteiger charge is 2.20. The number of ether oxygens (including phenoxy) is 2. The minimum absolute atomic E-state index is 0.0100. The number of hydrogen-bond acceptors (Lipinski definition) is 5. The van der Waals surface area contributed by atoms with Gasteiger partial charge in [-0.05, 0) is 18.2 Å². The zero-order chi connectivity index (χ0) is 17.6. The number of nitriles is 1. The molecule has 1 aromatic heterocycles. The molecular weight excluding hydrogens is 318 g/mol. The molecule has 25 heavy (non-hydrogen) atoms. The van der Waals surface area contributed by atoms with Gasteiger partial charge in [0.15, 0.2) is 5.75 Å². The summed E-state index contributed by atoms with van der Waals surface area (Å²) in [6.07, 6.45) is 1.62. The molecule has 0 aliphatic rings. The van der Waals surface area contributed by atoms with Crippen molar-refractivity contribution in [3.8, 4) is 17.5 Å². The number of aromatic nitrogens is 2. The summed E-state index contributed by atoms with van der Waals surface area (Å²) in [5, 5.41) is 13.3. The first-order chi connectivity index (χ1) is 12.2. The topological polar surface area (TPSA) is 77.1 Å². The van der Waals surface area contributed by atoms with Gasteiger partial charge in [0.1, 0.15) is 6.61 Å². The van der Waals surface area contributed by atoms with Crippen molar-refractivity contribution >= 4 is 5.97 Å². The third kappa shape index (κ3) is 3.51. The number of hydrogen-bond donors (Lipinski definition) is 0. The monoisotopic (exact) mass is 333 g/mol. The highest BCUT2D eigenvalue weighted by Crippen LogP contribution is 2.21. The summed E-state index contributed by atoms with van der Waals surface area (Å²) in [4.78, 5) is 12.4. The fourth-order valence-corrected chi connectivity index (χ4v) is 2.33. The largest absolute Gasteiger partial charge is 0.493 e. The Balaban J connectivity index is 1.80. The molecule has 3 rings (SSSR count). The highest BCUT2D eigenvalue weighted by atomic mass is 16.5. The van der Waals surface area contributed by atoms with E-state index in [9.17, 15) is 4.79 Å².